The summed E-state index contributed by atoms with van der Waals surface area (Å²) in [5, 5.41) is 7.66. The SMILES string of the molecule is CC(C)(C)c1cc(C2CC2)cc2c(N)cc(C(=O)NC[C@@H]3CC4(CN3)SCCS4)nc12. The van der Waals surface area contributed by atoms with Gasteiger partial charge in [-0.1, -0.05) is 26.8 Å². The van der Waals surface area contributed by atoms with Crippen LogP contribution in [0.1, 0.15) is 67.6 Å². The van der Waals surface area contributed by atoms with Crippen molar-refractivity contribution in [3.05, 3.63) is 35.0 Å². The van der Waals surface area contributed by atoms with E-state index in [1.807, 2.05) is 0 Å². The highest BCUT2D eigenvalue weighted by Crippen LogP contribution is 2.49. The zero-order chi connectivity index (χ0) is 21.8. The summed E-state index contributed by atoms with van der Waals surface area (Å²) in [5.41, 5.74) is 10.8. The lowest BCUT2D eigenvalue weighted by Crippen LogP contribution is -2.37. The van der Waals surface area contributed by atoms with Crippen LogP contribution in [0.2, 0.25) is 0 Å². The van der Waals surface area contributed by atoms with Gasteiger partial charge in [0, 0.05) is 41.7 Å². The van der Waals surface area contributed by atoms with Crippen LogP contribution >= 0.6 is 23.5 Å². The molecular weight excluding hydrogens is 424 g/mol. The molecule has 1 aromatic carbocycles. The van der Waals surface area contributed by atoms with Crippen LogP contribution in [0, 0.1) is 0 Å². The Morgan fingerprint density at radius 2 is 2.00 bits per heavy atom. The van der Waals surface area contributed by atoms with Gasteiger partial charge in [-0.25, -0.2) is 4.98 Å². The maximum atomic E-state index is 13.0. The Balaban J connectivity index is 1.38. The third-order valence-electron chi connectivity index (χ3n) is 6.60. The van der Waals surface area contributed by atoms with E-state index in [4.69, 9.17) is 10.7 Å². The molecule has 2 aromatic rings. The number of nitrogens with two attached hydrogens (primary N) is 1. The van der Waals surface area contributed by atoms with E-state index in [-0.39, 0.29) is 11.3 Å². The molecule has 5 rings (SSSR count). The standard InChI is InChI=1S/C24H32N4OS2/c1-23(2,3)18-9-15(14-4-5-14)8-17-19(25)10-20(28-21(17)18)22(29)26-12-16-11-24(13-27-16)30-6-7-31-24/h8-10,14,16,27H,4-7,11-13H2,1-3H3,(H2,25,28)(H,26,29)/t16-/m0/s1. The second-order valence-corrected chi connectivity index (χ2v) is 13.4. The van der Waals surface area contributed by atoms with Crippen LogP contribution in [-0.2, 0) is 5.41 Å². The Morgan fingerprint density at radius 3 is 2.68 bits per heavy atom. The predicted molar refractivity (Wildman–Crippen MR) is 133 cm³/mol. The first kappa shape index (κ1) is 21.4. The molecule has 5 nitrogen and oxygen atoms in total. The number of nitrogens with one attached hydrogen (secondary N) is 2. The third kappa shape index (κ3) is 4.29. The van der Waals surface area contributed by atoms with Crippen LogP contribution in [0.15, 0.2) is 18.2 Å². The van der Waals surface area contributed by atoms with Crippen LogP contribution in [0.5, 0.6) is 0 Å². The van der Waals surface area contributed by atoms with Crippen molar-refractivity contribution in [3.63, 3.8) is 0 Å². The number of carbonyl (C=O) groups excluding carboxylic acids is 1. The Bertz CT molecular complexity index is 1020. The molecule has 2 aliphatic heterocycles. The first-order valence-corrected chi connectivity index (χ1v) is 13.3. The fourth-order valence-corrected chi connectivity index (χ4v) is 7.96. The van der Waals surface area contributed by atoms with E-state index >= 15 is 0 Å². The monoisotopic (exact) mass is 456 g/mol. The number of hydrogen-bond donors (Lipinski definition) is 3. The fraction of sp³-hybridized carbons (Fsp3) is 0.583. The van der Waals surface area contributed by atoms with Gasteiger partial charge in [0.1, 0.15) is 5.69 Å². The van der Waals surface area contributed by atoms with Crippen molar-refractivity contribution in [1.82, 2.24) is 15.6 Å². The first-order chi connectivity index (χ1) is 14.7. The summed E-state index contributed by atoms with van der Waals surface area (Å²) >= 11 is 4.12. The van der Waals surface area contributed by atoms with Crippen molar-refractivity contribution in [2.75, 3.05) is 30.3 Å². The van der Waals surface area contributed by atoms with Gasteiger partial charge in [0.25, 0.3) is 5.91 Å². The molecule has 2 saturated heterocycles. The number of hydrogen-bond acceptors (Lipinski definition) is 6. The largest absolute Gasteiger partial charge is 0.398 e. The van der Waals surface area contributed by atoms with Gasteiger partial charge in [-0.05, 0) is 53.9 Å². The molecule has 31 heavy (non-hydrogen) atoms. The average Bonchev–Trinajstić information content (AvgIpc) is 3.36. The van der Waals surface area contributed by atoms with Gasteiger partial charge in [0.05, 0.1) is 9.60 Å². The molecule has 3 aliphatic rings. The van der Waals surface area contributed by atoms with E-state index < -0.39 is 0 Å². The number of pyridine rings is 1. The van der Waals surface area contributed by atoms with Crippen molar-refractivity contribution in [2.45, 2.75) is 61.5 Å². The van der Waals surface area contributed by atoms with Crippen molar-refractivity contribution >= 4 is 46.0 Å². The van der Waals surface area contributed by atoms with E-state index in [1.54, 1.807) is 6.07 Å². The van der Waals surface area contributed by atoms with Gasteiger partial charge in [-0.2, -0.15) is 0 Å². The second-order valence-electron chi connectivity index (χ2n) is 10.2. The molecule has 1 aliphatic carbocycles. The maximum absolute atomic E-state index is 13.0. The van der Waals surface area contributed by atoms with Crippen molar-refractivity contribution in [2.24, 2.45) is 0 Å². The Kier molecular flexibility index (Phi) is 5.42. The van der Waals surface area contributed by atoms with Crippen LogP contribution in [0.25, 0.3) is 10.9 Å². The normalized spacial score (nSPS) is 23.0. The number of carbonyl (C=O) groups is 1. The summed E-state index contributed by atoms with van der Waals surface area (Å²) < 4.78 is 0.307. The molecule has 3 fully saturated rings. The van der Waals surface area contributed by atoms with Gasteiger partial charge < -0.3 is 16.4 Å². The maximum Gasteiger partial charge on any atom is 0.270 e. The summed E-state index contributed by atoms with van der Waals surface area (Å²) in [6, 6.07) is 6.52. The minimum Gasteiger partial charge on any atom is -0.398 e. The number of thioether (sulfide) groups is 2. The first-order valence-electron chi connectivity index (χ1n) is 11.3. The number of anilines is 1. The summed E-state index contributed by atoms with van der Waals surface area (Å²) in [4.78, 5) is 17.8. The van der Waals surface area contributed by atoms with E-state index in [0.29, 0.717) is 34.0 Å². The number of amides is 1. The summed E-state index contributed by atoms with van der Waals surface area (Å²) in [7, 11) is 0. The predicted octanol–water partition coefficient (Wildman–Crippen LogP) is 4.26. The van der Waals surface area contributed by atoms with Gasteiger partial charge in [0.2, 0.25) is 0 Å². The molecule has 7 heteroatoms. The molecule has 0 unspecified atom stereocenters. The second kappa shape index (κ2) is 7.85. The quantitative estimate of drug-likeness (QED) is 0.638. The fourth-order valence-electron chi connectivity index (χ4n) is 4.70. The van der Waals surface area contributed by atoms with Crippen molar-refractivity contribution < 1.29 is 4.79 Å². The number of nitrogens with zero attached hydrogens (tertiary/aromatic N) is 1. The van der Waals surface area contributed by atoms with Gasteiger partial charge >= 0.3 is 0 Å². The van der Waals surface area contributed by atoms with Gasteiger partial charge in [-0.15, -0.1) is 23.5 Å². The summed E-state index contributed by atoms with van der Waals surface area (Å²) in [5.74, 6) is 2.95. The highest BCUT2D eigenvalue weighted by Gasteiger charge is 2.42. The molecule has 1 spiro atoms. The van der Waals surface area contributed by atoms with Crippen LogP contribution < -0.4 is 16.4 Å². The van der Waals surface area contributed by atoms with Crippen LogP contribution in [0.3, 0.4) is 0 Å². The van der Waals surface area contributed by atoms with Crippen molar-refractivity contribution in [1.29, 1.82) is 0 Å². The molecule has 1 atom stereocenters. The number of nitrogen functional groups attached to an aromatic ring is 1. The molecule has 0 bridgehead atoms. The molecule has 166 valence electrons. The molecule has 1 aromatic heterocycles. The van der Waals surface area contributed by atoms with E-state index in [9.17, 15) is 4.79 Å². The molecule has 0 radical (unpaired) electrons. The van der Waals surface area contributed by atoms with E-state index in [1.165, 1.54) is 35.5 Å². The molecular formula is C24H32N4OS2. The minimum absolute atomic E-state index is 0.0730. The topological polar surface area (TPSA) is 80.0 Å². The Morgan fingerprint density at radius 1 is 1.26 bits per heavy atom. The molecule has 3 heterocycles. The lowest BCUT2D eigenvalue weighted by atomic mass is 9.83. The number of fused-ring (bicyclic) bond motifs is 1. The summed E-state index contributed by atoms with van der Waals surface area (Å²) in [6.07, 6.45) is 3.58. The molecule has 4 N–H and O–H groups in total. The zero-order valence-electron chi connectivity index (χ0n) is 18.6. The van der Waals surface area contributed by atoms with Crippen LogP contribution in [0.4, 0.5) is 5.69 Å². The number of aromatic nitrogens is 1. The minimum atomic E-state index is -0.144. The lowest BCUT2D eigenvalue weighted by Gasteiger charge is -2.23. The lowest BCUT2D eigenvalue weighted by molar-refractivity contribution is 0.0945. The highest BCUT2D eigenvalue weighted by atomic mass is 32.2. The van der Waals surface area contributed by atoms with Crippen molar-refractivity contribution in [3.8, 4) is 0 Å². The number of rotatable bonds is 4. The smallest absolute Gasteiger partial charge is 0.270 e. The van der Waals surface area contributed by atoms with E-state index in [0.717, 1.165) is 23.9 Å². The van der Waals surface area contributed by atoms with Gasteiger partial charge in [0.15, 0.2) is 0 Å². The molecule has 1 saturated carbocycles. The Labute approximate surface area is 193 Å². The van der Waals surface area contributed by atoms with Gasteiger partial charge in [-0.3, -0.25) is 4.79 Å². The average molecular weight is 457 g/mol. The molecule has 1 amide bonds. The summed E-state index contributed by atoms with van der Waals surface area (Å²) in [6.45, 7) is 8.23. The number of benzene rings is 1. The van der Waals surface area contributed by atoms with Crippen LogP contribution in [-0.4, -0.2) is 45.6 Å². The third-order valence-corrected chi connectivity index (χ3v) is 10.1. The Hall–Kier alpha value is -1.44. The highest BCUT2D eigenvalue weighted by molar-refractivity contribution is 8.21. The zero-order valence-corrected chi connectivity index (χ0v) is 20.2. The van der Waals surface area contributed by atoms with E-state index in [2.05, 4.69) is 67.1 Å².